The molecule has 4 aromatic rings. The Morgan fingerprint density at radius 3 is 1.96 bits per heavy atom. The van der Waals surface area contributed by atoms with Crippen molar-refractivity contribution in [2.75, 3.05) is 0 Å². The van der Waals surface area contributed by atoms with Crippen LogP contribution in [0, 0.1) is 0 Å². The third kappa shape index (κ3) is 2.88. The van der Waals surface area contributed by atoms with Crippen molar-refractivity contribution < 1.29 is 24.6 Å². The summed E-state index contributed by atoms with van der Waals surface area (Å²) < 4.78 is 0. The van der Waals surface area contributed by atoms with Crippen LogP contribution >= 0.6 is 0 Å². The number of rotatable bonds is 2. The van der Waals surface area contributed by atoms with Crippen molar-refractivity contribution in [1.82, 2.24) is 15.0 Å². The topological polar surface area (TPSA) is 50.9 Å². The van der Waals surface area contributed by atoms with Crippen molar-refractivity contribution in [2.24, 2.45) is 0 Å². The maximum atomic E-state index is 10.2. The molecule has 0 bridgehead atoms. The van der Waals surface area contributed by atoms with E-state index in [4.69, 9.17) is 0 Å². The fourth-order valence-corrected chi connectivity index (χ4v) is 2.46. The fourth-order valence-electron chi connectivity index (χ4n) is 2.46. The van der Waals surface area contributed by atoms with E-state index < -0.39 is 0 Å². The van der Waals surface area contributed by atoms with Gasteiger partial charge >= 0.3 is 0 Å². The Morgan fingerprint density at radius 1 is 0.696 bits per heavy atom. The van der Waals surface area contributed by atoms with Crippen molar-refractivity contribution in [2.45, 2.75) is 0 Å². The molecule has 0 saturated heterocycles. The second-order valence-corrected chi connectivity index (χ2v) is 5.05. The molecule has 0 radical (unpaired) electrons. The van der Waals surface area contributed by atoms with Crippen LogP contribution in [0.25, 0.3) is 27.8 Å². The van der Waals surface area contributed by atoms with Crippen molar-refractivity contribution in [3.63, 3.8) is 0 Å². The van der Waals surface area contributed by atoms with Gasteiger partial charge in [-0.2, -0.15) is 0 Å². The molecule has 5 heteroatoms. The minimum Gasteiger partial charge on any atom is -0.506 e. The third-order valence-electron chi connectivity index (χ3n) is 3.58. The summed E-state index contributed by atoms with van der Waals surface area (Å²) >= 11 is 0. The molecule has 0 aliphatic heterocycles. The molecule has 0 saturated carbocycles. The number of aromatic nitrogens is 3. The smallest absolute Gasteiger partial charge is 0.143 e. The Morgan fingerprint density at radius 2 is 1.30 bits per heavy atom. The van der Waals surface area contributed by atoms with E-state index in [9.17, 15) is 5.11 Å². The van der Waals surface area contributed by atoms with Crippen LogP contribution < -0.4 is 0 Å². The van der Waals surface area contributed by atoms with Crippen LogP contribution in [0.2, 0.25) is 0 Å². The van der Waals surface area contributed by atoms with Crippen LogP contribution in [0.3, 0.4) is 0 Å². The van der Waals surface area contributed by atoms with Crippen LogP contribution in [-0.4, -0.2) is 20.1 Å². The van der Waals surface area contributed by atoms with Gasteiger partial charge in [0.05, 0.1) is 0 Å². The van der Waals surface area contributed by atoms with Crippen molar-refractivity contribution in [3.8, 4) is 22.6 Å². The van der Waals surface area contributed by atoms with E-state index in [0.717, 1.165) is 22.2 Å². The van der Waals surface area contributed by atoms with Crippen molar-refractivity contribution in [1.29, 1.82) is 0 Å². The quantitative estimate of drug-likeness (QED) is 0.558. The van der Waals surface area contributed by atoms with Crippen LogP contribution in [0.1, 0.15) is 0 Å². The van der Waals surface area contributed by atoms with Gasteiger partial charge in [-0.3, -0.25) is 0 Å². The van der Waals surface area contributed by atoms with E-state index in [1.807, 2.05) is 66.7 Å². The Kier molecular flexibility index (Phi) is 4.22. The zero-order chi connectivity index (χ0) is 14.9. The van der Waals surface area contributed by atoms with Crippen LogP contribution in [0.15, 0.2) is 72.8 Å². The molecule has 0 atom stereocenters. The molecule has 108 valence electrons. The Balaban J connectivity index is 0.00000156. The predicted octanol–water partition coefficient (Wildman–Crippen LogP) is 3.79. The molecule has 23 heavy (non-hydrogen) atoms. The average Bonchev–Trinajstić information content (AvgIpc) is 3.00. The number of phenols is 1. The van der Waals surface area contributed by atoms with Crippen molar-refractivity contribution >= 4 is 11.0 Å². The van der Waals surface area contributed by atoms with Gasteiger partial charge < -0.3 is 5.11 Å². The van der Waals surface area contributed by atoms with Gasteiger partial charge in [0, 0.05) is 19.5 Å². The SMILES string of the molecule is Oc1ccc(-c2ccccc2)cc1-n1nc2ccccc2n1.[Zn]. The number of benzene rings is 3. The molecule has 0 aliphatic rings. The number of hydrogen-bond donors (Lipinski definition) is 1. The first kappa shape index (κ1) is 15.4. The number of nitrogens with zero attached hydrogens (tertiary/aromatic N) is 3. The number of aromatic hydroxyl groups is 1. The largest absolute Gasteiger partial charge is 0.506 e. The van der Waals surface area contributed by atoms with Gasteiger partial charge in [0.1, 0.15) is 22.5 Å². The first-order valence-electron chi connectivity index (χ1n) is 7.02. The van der Waals surface area contributed by atoms with Crippen molar-refractivity contribution in [3.05, 3.63) is 72.8 Å². The van der Waals surface area contributed by atoms with E-state index in [1.165, 1.54) is 4.80 Å². The van der Waals surface area contributed by atoms with Crippen LogP contribution in [-0.2, 0) is 19.5 Å². The Labute approximate surface area is 146 Å². The van der Waals surface area contributed by atoms with Crippen LogP contribution in [0.5, 0.6) is 5.75 Å². The maximum absolute atomic E-state index is 10.2. The first-order valence-corrected chi connectivity index (χ1v) is 7.02. The molecule has 0 fully saturated rings. The van der Waals surface area contributed by atoms with Gasteiger partial charge in [0.15, 0.2) is 0 Å². The summed E-state index contributed by atoms with van der Waals surface area (Å²) in [6, 6.07) is 23.1. The maximum Gasteiger partial charge on any atom is 0.143 e. The minimum absolute atomic E-state index is 0. The van der Waals surface area contributed by atoms with E-state index in [0.29, 0.717) is 5.69 Å². The van der Waals surface area contributed by atoms with Gasteiger partial charge in [-0.05, 0) is 35.4 Å². The van der Waals surface area contributed by atoms with E-state index in [2.05, 4.69) is 10.2 Å². The standard InChI is InChI=1S/C18H13N3O.Zn/c22-18-11-10-14(13-6-2-1-3-7-13)12-17(18)21-19-15-8-4-5-9-16(15)20-21;/h1-12,22H;. The molecule has 4 rings (SSSR count). The first-order chi connectivity index (χ1) is 10.8. The Bertz CT molecular complexity index is 918. The van der Waals surface area contributed by atoms with Gasteiger partial charge in [-0.25, -0.2) is 0 Å². The molecular formula is C18H13N3OZn. The summed E-state index contributed by atoms with van der Waals surface area (Å²) in [7, 11) is 0. The summed E-state index contributed by atoms with van der Waals surface area (Å²) in [6.07, 6.45) is 0. The van der Waals surface area contributed by atoms with Crippen LogP contribution in [0.4, 0.5) is 0 Å². The van der Waals surface area contributed by atoms with Gasteiger partial charge in [0.2, 0.25) is 0 Å². The van der Waals surface area contributed by atoms with Gasteiger partial charge in [0.25, 0.3) is 0 Å². The Hall–Kier alpha value is -2.52. The zero-order valence-corrected chi connectivity index (χ0v) is 15.4. The average molecular weight is 353 g/mol. The molecule has 3 aromatic carbocycles. The van der Waals surface area contributed by atoms with Gasteiger partial charge in [-0.1, -0.05) is 48.5 Å². The number of hydrogen-bond acceptors (Lipinski definition) is 3. The third-order valence-corrected chi connectivity index (χ3v) is 3.58. The van der Waals surface area contributed by atoms with Gasteiger partial charge in [-0.15, -0.1) is 15.0 Å². The molecule has 0 spiro atoms. The summed E-state index contributed by atoms with van der Waals surface area (Å²) in [5, 5.41) is 19.0. The molecule has 1 N–H and O–H groups in total. The number of phenolic OH excluding ortho intramolecular Hbond substituents is 1. The predicted molar refractivity (Wildman–Crippen MR) is 86.0 cm³/mol. The summed E-state index contributed by atoms with van der Waals surface area (Å²) in [6.45, 7) is 0. The molecule has 0 unspecified atom stereocenters. The summed E-state index contributed by atoms with van der Waals surface area (Å²) in [4.78, 5) is 1.48. The summed E-state index contributed by atoms with van der Waals surface area (Å²) in [5.74, 6) is 0.153. The normalized spacial score (nSPS) is 10.4. The molecule has 0 aliphatic carbocycles. The second kappa shape index (κ2) is 6.31. The molecule has 0 amide bonds. The fraction of sp³-hybridized carbons (Fsp3) is 0. The zero-order valence-electron chi connectivity index (χ0n) is 12.4. The van der Waals surface area contributed by atoms with E-state index >= 15 is 0 Å². The summed E-state index contributed by atoms with van der Waals surface area (Å²) in [5.41, 5.74) is 4.26. The van der Waals surface area contributed by atoms with E-state index in [-0.39, 0.29) is 25.2 Å². The number of fused-ring (bicyclic) bond motifs is 1. The van der Waals surface area contributed by atoms with E-state index in [1.54, 1.807) is 6.07 Å². The minimum atomic E-state index is 0. The monoisotopic (exact) mass is 351 g/mol. The molecule has 1 aromatic heterocycles. The molecule has 4 nitrogen and oxygen atoms in total. The second-order valence-electron chi connectivity index (χ2n) is 5.05. The molecule has 1 heterocycles. The molecular weight excluding hydrogens is 340 g/mol.